The van der Waals surface area contributed by atoms with Crippen LogP contribution in [0.15, 0.2) is 18.2 Å². The highest BCUT2D eigenvalue weighted by atomic mass is 16.5. The van der Waals surface area contributed by atoms with Gasteiger partial charge in [-0.1, -0.05) is 13.0 Å². The zero-order valence-electron chi connectivity index (χ0n) is 12.7. The van der Waals surface area contributed by atoms with Gasteiger partial charge in [-0.05, 0) is 32.4 Å². The number of benzene rings is 1. The van der Waals surface area contributed by atoms with Crippen molar-refractivity contribution in [3.05, 3.63) is 23.8 Å². The normalized spacial score (nSPS) is 11.6. The molecule has 0 aliphatic heterocycles. The van der Waals surface area contributed by atoms with Crippen molar-refractivity contribution in [3.8, 4) is 0 Å². The first-order valence-corrected chi connectivity index (χ1v) is 7.11. The molecule has 1 aromatic carbocycles. The van der Waals surface area contributed by atoms with Gasteiger partial charge >= 0.3 is 5.97 Å². The summed E-state index contributed by atoms with van der Waals surface area (Å²) in [6.45, 7) is 6.37. The van der Waals surface area contributed by atoms with Crippen molar-refractivity contribution in [2.45, 2.75) is 33.2 Å². The van der Waals surface area contributed by atoms with Crippen LogP contribution < -0.4 is 16.4 Å². The molecule has 0 heterocycles. The quantitative estimate of drug-likeness (QED) is 0.526. The number of rotatable bonds is 7. The van der Waals surface area contributed by atoms with Gasteiger partial charge in [0.1, 0.15) is 6.04 Å². The Labute approximate surface area is 125 Å². The summed E-state index contributed by atoms with van der Waals surface area (Å²) in [5.74, 6) is -0.584. The molecule has 0 fully saturated rings. The first-order chi connectivity index (χ1) is 10.0. The van der Waals surface area contributed by atoms with E-state index in [0.717, 1.165) is 6.42 Å². The third-order valence-corrected chi connectivity index (χ3v) is 2.92. The SMILES string of the molecule is CCCNC(=O)C(C)Nc1cccc(C(=O)OCC)c1N. The number of carbonyl (C=O) groups is 2. The summed E-state index contributed by atoms with van der Waals surface area (Å²) in [6.07, 6.45) is 0.874. The van der Waals surface area contributed by atoms with Gasteiger partial charge in [-0.2, -0.15) is 0 Å². The summed E-state index contributed by atoms with van der Waals surface area (Å²) in [6, 6.07) is 4.57. The molecule has 21 heavy (non-hydrogen) atoms. The average molecular weight is 293 g/mol. The Morgan fingerprint density at radius 3 is 2.67 bits per heavy atom. The molecule has 1 aromatic rings. The molecular weight excluding hydrogens is 270 g/mol. The fourth-order valence-electron chi connectivity index (χ4n) is 1.78. The zero-order valence-corrected chi connectivity index (χ0v) is 12.7. The van der Waals surface area contributed by atoms with Gasteiger partial charge < -0.3 is 21.1 Å². The van der Waals surface area contributed by atoms with Crippen LogP contribution >= 0.6 is 0 Å². The van der Waals surface area contributed by atoms with Crippen molar-refractivity contribution in [3.63, 3.8) is 0 Å². The molecule has 1 rings (SSSR count). The fourth-order valence-corrected chi connectivity index (χ4v) is 1.78. The second-order valence-corrected chi connectivity index (χ2v) is 4.64. The standard InChI is InChI=1S/C15H23N3O3/c1-4-9-17-14(19)10(3)18-12-8-6-7-11(13(12)16)15(20)21-5-2/h6-8,10,18H,4-5,9,16H2,1-3H3,(H,17,19). The lowest BCUT2D eigenvalue weighted by atomic mass is 10.1. The lowest BCUT2D eigenvalue weighted by molar-refractivity contribution is -0.121. The monoisotopic (exact) mass is 293 g/mol. The van der Waals surface area contributed by atoms with Crippen molar-refractivity contribution < 1.29 is 14.3 Å². The molecule has 0 aromatic heterocycles. The molecule has 0 radical (unpaired) electrons. The van der Waals surface area contributed by atoms with E-state index in [2.05, 4.69) is 10.6 Å². The first kappa shape index (κ1) is 16.8. The third kappa shape index (κ3) is 4.66. The van der Waals surface area contributed by atoms with Gasteiger partial charge in [0.15, 0.2) is 0 Å². The molecule has 0 aliphatic carbocycles. The van der Waals surface area contributed by atoms with Crippen molar-refractivity contribution >= 4 is 23.3 Å². The van der Waals surface area contributed by atoms with Crippen molar-refractivity contribution in [2.24, 2.45) is 0 Å². The smallest absolute Gasteiger partial charge is 0.340 e. The Kier molecular flexibility index (Phi) is 6.52. The van der Waals surface area contributed by atoms with E-state index >= 15 is 0 Å². The number of nitrogens with one attached hydrogen (secondary N) is 2. The Morgan fingerprint density at radius 2 is 2.05 bits per heavy atom. The number of para-hydroxylation sites is 1. The van der Waals surface area contributed by atoms with Gasteiger partial charge in [-0.3, -0.25) is 4.79 Å². The predicted molar refractivity (Wildman–Crippen MR) is 83.2 cm³/mol. The number of ether oxygens (including phenoxy) is 1. The molecule has 0 bridgehead atoms. The molecule has 6 heteroatoms. The average Bonchev–Trinajstić information content (AvgIpc) is 2.46. The second-order valence-electron chi connectivity index (χ2n) is 4.64. The van der Waals surface area contributed by atoms with Crippen LogP contribution in [-0.2, 0) is 9.53 Å². The number of nitrogen functional groups attached to an aromatic ring is 1. The highest BCUT2D eigenvalue weighted by Crippen LogP contribution is 2.24. The van der Waals surface area contributed by atoms with E-state index in [4.69, 9.17) is 10.5 Å². The van der Waals surface area contributed by atoms with Gasteiger partial charge in [-0.25, -0.2) is 4.79 Å². The highest BCUT2D eigenvalue weighted by molar-refractivity contribution is 5.99. The Balaban J connectivity index is 2.82. The van der Waals surface area contributed by atoms with Crippen molar-refractivity contribution in [1.29, 1.82) is 0 Å². The maximum atomic E-state index is 11.8. The van der Waals surface area contributed by atoms with Crippen LogP contribution in [-0.4, -0.2) is 31.1 Å². The predicted octanol–water partition coefficient (Wildman–Crippen LogP) is 1.77. The van der Waals surface area contributed by atoms with Gasteiger partial charge in [0.05, 0.1) is 23.5 Å². The number of anilines is 2. The molecule has 0 aliphatic rings. The van der Waals surface area contributed by atoms with E-state index in [1.165, 1.54) is 0 Å². The molecule has 0 spiro atoms. The first-order valence-electron chi connectivity index (χ1n) is 7.11. The van der Waals surface area contributed by atoms with Crippen LogP contribution in [0, 0.1) is 0 Å². The molecule has 0 saturated carbocycles. The van der Waals surface area contributed by atoms with Gasteiger partial charge in [0, 0.05) is 6.54 Å². The summed E-state index contributed by atoms with van der Waals surface area (Å²) in [4.78, 5) is 23.6. The molecular formula is C15H23N3O3. The number of amides is 1. The minimum Gasteiger partial charge on any atom is -0.462 e. The number of carbonyl (C=O) groups excluding carboxylic acids is 2. The highest BCUT2D eigenvalue weighted by Gasteiger charge is 2.17. The summed E-state index contributed by atoms with van der Waals surface area (Å²) in [7, 11) is 0. The zero-order chi connectivity index (χ0) is 15.8. The van der Waals surface area contributed by atoms with Gasteiger partial charge in [-0.15, -0.1) is 0 Å². The number of esters is 1. The van der Waals surface area contributed by atoms with Crippen LogP contribution in [0.5, 0.6) is 0 Å². The lowest BCUT2D eigenvalue weighted by Crippen LogP contribution is -2.38. The fraction of sp³-hybridized carbons (Fsp3) is 0.467. The van der Waals surface area contributed by atoms with E-state index in [9.17, 15) is 9.59 Å². The third-order valence-electron chi connectivity index (χ3n) is 2.92. The Bertz CT molecular complexity index is 503. The molecule has 6 nitrogen and oxygen atoms in total. The maximum Gasteiger partial charge on any atom is 0.340 e. The maximum absolute atomic E-state index is 11.8. The topological polar surface area (TPSA) is 93.5 Å². The van der Waals surface area contributed by atoms with Crippen LogP contribution in [0.1, 0.15) is 37.6 Å². The van der Waals surface area contributed by atoms with E-state index in [-0.39, 0.29) is 18.2 Å². The number of hydrogen-bond donors (Lipinski definition) is 3. The minimum atomic E-state index is -0.471. The molecule has 4 N–H and O–H groups in total. The largest absolute Gasteiger partial charge is 0.462 e. The van der Waals surface area contributed by atoms with E-state index in [1.807, 2.05) is 6.92 Å². The van der Waals surface area contributed by atoms with Gasteiger partial charge in [0.25, 0.3) is 0 Å². The van der Waals surface area contributed by atoms with Gasteiger partial charge in [0.2, 0.25) is 5.91 Å². The van der Waals surface area contributed by atoms with E-state index in [1.54, 1.807) is 32.0 Å². The van der Waals surface area contributed by atoms with Crippen LogP contribution in [0.25, 0.3) is 0 Å². The molecule has 1 unspecified atom stereocenters. The van der Waals surface area contributed by atoms with Crippen LogP contribution in [0.2, 0.25) is 0 Å². The van der Waals surface area contributed by atoms with Crippen molar-refractivity contribution in [1.82, 2.24) is 5.32 Å². The molecule has 116 valence electrons. The number of hydrogen-bond acceptors (Lipinski definition) is 5. The molecule has 0 saturated heterocycles. The molecule has 1 amide bonds. The lowest BCUT2D eigenvalue weighted by Gasteiger charge is -2.17. The van der Waals surface area contributed by atoms with Crippen LogP contribution in [0.4, 0.5) is 11.4 Å². The summed E-state index contributed by atoms with van der Waals surface area (Å²) in [5.41, 5.74) is 7.09. The summed E-state index contributed by atoms with van der Waals surface area (Å²) in [5, 5.41) is 5.81. The van der Waals surface area contributed by atoms with Crippen LogP contribution in [0.3, 0.4) is 0 Å². The molecule has 1 atom stereocenters. The van der Waals surface area contributed by atoms with Crippen molar-refractivity contribution in [2.75, 3.05) is 24.2 Å². The van der Waals surface area contributed by atoms with E-state index < -0.39 is 12.0 Å². The second kappa shape index (κ2) is 8.14. The number of nitrogens with two attached hydrogens (primary N) is 1. The Hall–Kier alpha value is -2.24. The Morgan fingerprint density at radius 1 is 1.33 bits per heavy atom. The summed E-state index contributed by atoms with van der Waals surface area (Å²) >= 11 is 0. The summed E-state index contributed by atoms with van der Waals surface area (Å²) < 4.78 is 4.94. The minimum absolute atomic E-state index is 0.113. The van der Waals surface area contributed by atoms with E-state index in [0.29, 0.717) is 17.8 Å².